The van der Waals surface area contributed by atoms with Crippen LogP contribution in [0.25, 0.3) is 0 Å². The normalized spacial score (nSPS) is 12.4. The molecule has 1 unspecified atom stereocenters. The molecule has 0 heterocycles. The predicted octanol–water partition coefficient (Wildman–Crippen LogP) is -0.450. The number of carboxylic acids is 1. The summed E-state index contributed by atoms with van der Waals surface area (Å²) >= 11 is 3.87. The number of hydrogen-bond acceptors (Lipinski definition) is 3. The maximum absolute atomic E-state index is 10.3. The van der Waals surface area contributed by atoms with Crippen LogP contribution in [0.15, 0.2) is 0 Å². The Balaban J connectivity index is 0. The predicted molar refractivity (Wildman–Crippen MR) is 44.7 cm³/mol. The summed E-state index contributed by atoms with van der Waals surface area (Å²) in [5.41, 5.74) is 0. The van der Waals surface area contributed by atoms with Gasteiger partial charge in [-0.05, 0) is 14.1 Å². The number of likely N-dealkylation sites (N-methyl/N-ethyl adjacent to an activating group) is 1. The average Bonchev–Trinajstić information content (AvgIpc) is 1.64. The molecule has 10 heavy (non-hydrogen) atoms. The summed E-state index contributed by atoms with van der Waals surface area (Å²) in [5.74, 6) is -0.475. The average molecular weight is 271 g/mol. The van der Waals surface area contributed by atoms with E-state index in [1.807, 2.05) is 0 Å². The number of thiol groups is 1. The molecule has 3 nitrogen and oxygen atoms in total. The smallest absolute Gasteiger partial charge is 0.480 e. The zero-order chi connectivity index (χ0) is 7.44. The molecule has 0 amide bonds. The van der Waals surface area contributed by atoms with Crippen molar-refractivity contribution in [1.29, 1.82) is 0 Å². The van der Waals surface area contributed by atoms with Crippen LogP contribution in [0.4, 0.5) is 0 Å². The summed E-state index contributed by atoms with van der Waals surface area (Å²) < 4.78 is 0. The topological polar surface area (TPSA) is 40.5 Å². The van der Waals surface area contributed by atoms with Crippen molar-refractivity contribution in [3.05, 3.63) is 0 Å². The molecule has 0 aliphatic rings. The van der Waals surface area contributed by atoms with Gasteiger partial charge in [0, 0.05) is 5.75 Å². The summed E-state index contributed by atoms with van der Waals surface area (Å²) in [4.78, 5) is 11.9. The first-order valence-electron chi connectivity index (χ1n) is 2.59. The molecular weight excluding hydrogens is 260 g/mol. The van der Waals surface area contributed by atoms with Gasteiger partial charge >= 0.3 is 30.4 Å². The summed E-state index contributed by atoms with van der Waals surface area (Å²) in [6.45, 7) is 0. The number of nitrogens with zero attached hydrogens (tertiary/aromatic N) is 1. The van der Waals surface area contributed by atoms with E-state index >= 15 is 0 Å². The Morgan fingerprint density at radius 2 is 2.10 bits per heavy atom. The Bertz CT molecular complexity index is 110. The molecule has 0 saturated carbocycles. The molecule has 0 aliphatic carbocycles. The molecule has 1 N–H and O–H groups in total. The van der Waals surface area contributed by atoms with E-state index in [4.69, 9.17) is 5.11 Å². The Labute approximate surface area is 83.6 Å². The van der Waals surface area contributed by atoms with Crippen LogP contribution in [0.5, 0.6) is 0 Å². The van der Waals surface area contributed by atoms with Gasteiger partial charge in [0.2, 0.25) is 0 Å². The fourth-order valence-corrected chi connectivity index (χ4v) is 0.945. The third kappa shape index (κ3) is 4.42. The zero-order valence-electron chi connectivity index (χ0n) is 5.98. The molecule has 1 atom stereocenters. The standard InChI is InChI=1S/C5H11NO2S.Sb/c1-6(2)4(3-9)5(7)8;/h4,9H,3H2,1-2H3,(H,7,8);/q;+3. The second-order valence-electron chi connectivity index (χ2n) is 2.00. The summed E-state index contributed by atoms with van der Waals surface area (Å²) in [6.07, 6.45) is 0. The number of rotatable bonds is 3. The van der Waals surface area contributed by atoms with Crippen LogP contribution in [0.1, 0.15) is 0 Å². The Hall–Kier alpha value is 0.598. The molecule has 0 spiro atoms. The quantitative estimate of drug-likeness (QED) is 0.539. The van der Waals surface area contributed by atoms with Crippen molar-refractivity contribution in [2.75, 3.05) is 19.8 Å². The van der Waals surface area contributed by atoms with Gasteiger partial charge in [-0.25, -0.2) is 0 Å². The van der Waals surface area contributed by atoms with E-state index in [2.05, 4.69) is 12.6 Å². The minimum Gasteiger partial charge on any atom is -0.480 e. The summed E-state index contributed by atoms with van der Waals surface area (Å²) in [7, 11) is 3.43. The minimum atomic E-state index is -0.824. The van der Waals surface area contributed by atoms with Crippen molar-refractivity contribution >= 4 is 43.0 Å². The van der Waals surface area contributed by atoms with Gasteiger partial charge < -0.3 is 5.11 Å². The molecule has 0 aromatic heterocycles. The summed E-state index contributed by atoms with van der Waals surface area (Å²) in [5, 5.41) is 8.45. The van der Waals surface area contributed by atoms with Gasteiger partial charge in [0.15, 0.2) is 0 Å². The van der Waals surface area contributed by atoms with E-state index in [-0.39, 0.29) is 24.4 Å². The van der Waals surface area contributed by atoms with E-state index in [9.17, 15) is 4.79 Å². The fraction of sp³-hybridized carbons (Fsp3) is 0.800. The Morgan fingerprint density at radius 1 is 1.70 bits per heavy atom. The molecular formula is C5H11NO2SSb+3. The molecule has 0 aromatic carbocycles. The van der Waals surface area contributed by atoms with Crippen molar-refractivity contribution in [2.45, 2.75) is 6.04 Å². The van der Waals surface area contributed by atoms with E-state index in [1.165, 1.54) is 0 Å². The number of carbonyl (C=O) groups is 1. The van der Waals surface area contributed by atoms with E-state index in [0.717, 1.165) is 0 Å². The third-order valence-electron chi connectivity index (χ3n) is 1.08. The number of carboxylic acid groups (broad SMARTS) is 1. The van der Waals surface area contributed by atoms with Gasteiger partial charge in [-0.2, -0.15) is 12.6 Å². The zero-order valence-corrected chi connectivity index (χ0v) is 9.43. The Kier molecular flexibility index (Phi) is 8.34. The van der Waals surface area contributed by atoms with Crippen LogP contribution in [0.2, 0.25) is 0 Å². The fourth-order valence-electron chi connectivity index (χ4n) is 0.462. The van der Waals surface area contributed by atoms with Crippen LogP contribution in [-0.4, -0.2) is 66.3 Å². The van der Waals surface area contributed by atoms with Crippen molar-refractivity contribution in [1.82, 2.24) is 4.90 Å². The molecule has 0 rings (SSSR count). The van der Waals surface area contributed by atoms with Crippen molar-refractivity contribution in [2.24, 2.45) is 0 Å². The molecule has 0 fully saturated rings. The second kappa shape index (κ2) is 6.32. The largest absolute Gasteiger partial charge is 3.00 e. The first-order chi connectivity index (χ1) is 4.09. The molecule has 5 heteroatoms. The molecule has 0 aliphatic heterocycles. The first kappa shape index (κ1) is 13.2. The number of hydrogen-bond donors (Lipinski definition) is 2. The molecule has 2 radical (unpaired) electrons. The molecule has 0 saturated heterocycles. The van der Waals surface area contributed by atoms with Crippen LogP contribution < -0.4 is 0 Å². The maximum Gasteiger partial charge on any atom is 3.00 e. The van der Waals surface area contributed by atoms with Crippen molar-refractivity contribution in [3.63, 3.8) is 0 Å². The van der Waals surface area contributed by atoms with Gasteiger partial charge in [-0.3, -0.25) is 9.69 Å². The van der Waals surface area contributed by atoms with E-state index in [1.54, 1.807) is 19.0 Å². The van der Waals surface area contributed by atoms with Crippen molar-refractivity contribution < 1.29 is 9.90 Å². The third-order valence-corrected chi connectivity index (χ3v) is 1.43. The summed E-state index contributed by atoms with van der Waals surface area (Å²) in [6, 6.07) is -0.465. The number of aliphatic carboxylic acids is 1. The minimum absolute atomic E-state index is 0. The van der Waals surface area contributed by atoms with Crippen LogP contribution in [0, 0.1) is 0 Å². The molecule has 56 valence electrons. The van der Waals surface area contributed by atoms with Crippen LogP contribution in [-0.2, 0) is 4.79 Å². The van der Waals surface area contributed by atoms with Gasteiger partial charge in [0.25, 0.3) is 0 Å². The first-order valence-corrected chi connectivity index (χ1v) is 3.23. The van der Waals surface area contributed by atoms with Gasteiger partial charge in [0.1, 0.15) is 6.04 Å². The van der Waals surface area contributed by atoms with E-state index < -0.39 is 12.0 Å². The SMILES string of the molecule is CN(C)C(CS)C(=O)O.[Sb+3]. The van der Waals surface area contributed by atoms with Crippen LogP contribution in [0.3, 0.4) is 0 Å². The monoisotopic (exact) mass is 270 g/mol. The Morgan fingerprint density at radius 3 is 2.10 bits per heavy atom. The van der Waals surface area contributed by atoms with Gasteiger partial charge in [-0.15, -0.1) is 0 Å². The van der Waals surface area contributed by atoms with E-state index in [0.29, 0.717) is 5.75 Å². The molecule has 0 aromatic rings. The van der Waals surface area contributed by atoms with Crippen molar-refractivity contribution in [3.8, 4) is 0 Å². The maximum atomic E-state index is 10.3. The second-order valence-corrected chi connectivity index (χ2v) is 2.37. The van der Waals surface area contributed by atoms with Gasteiger partial charge in [-0.1, -0.05) is 0 Å². The van der Waals surface area contributed by atoms with Gasteiger partial charge in [0.05, 0.1) is 0 Å². The van der Waals surface area contributed by atoms with Crippen LogP contribution >= 0.6 is 12.6 Å². The molecule has 0 bridgehead atoms.